The van der Waals surface area contributed by atoms with E-state index in [4.69, 9.17) is 0 Å². The van der Waals surface area contributed by atoms with Gasteiger partial charge in [0.1, 0.15) is 5.82 Å². The van der Waals surface area contributed by atoms with Crippen LogP contribution in [0.4, 0.5) is 0 Å². The lowest BCUT2D eigenvalue weighted by Crippen LogP contribution is -2.27. The standard InChI is InChI=1S/C20H19N7O2/c1-12-21-15-11-26(10-14(15)20(29)25(12)3)19(28)13-6-7-17-22-23-18(27(17)9-13)16-5-4-8-24(16)2/h4-9H,10-11H2,1-3H3. The molecule has 5 rings (SSSR count). The summed E-state index contributed by atoms with van der Waals surface area (Å²) >= 11 is 0. The van der Waals surface area contributed by atoms with Gasteiger partial charge in [-0.2, -0.15) is 0 Å². The van der Waals surface area contributed by atoms with E-state index >= 15 is 0 Å². The molecule has 1 aliphatic rings. The number of carbonyl (C=O) groups is 1. The Balaban J connectivity index is 1.52. The third kappa shape index (κ3) is 2.58. The molecule has 0 bridgehead atoms. The molecule has 9 heteroatoms. The largest absolute Gasteiger partial charge is 0.348 e. The van der Waals surface area contributed by atoms with Crippen LogP contribution in [0.3, 0.4) is 0 Å². The van der Waals surface area contributed by atoms with Gasteiger partial charge in [-0.25, -0.2) is 4.98 Å². The first kappa shape index (κ1) is 17.4. The van der Waals surface area contributed by atoms with E-state index in [1.54, 1.807) is 37.2 Å². The number of aryl methyl sites for hydroxylation is 2. The predicted molar refractivity (Wildman–Crippen MR) is 105 cm³/mol. The number of fused-ring (bicyclic) bond motifs is 2. The maximum Gasteiger partial charge on any atom is 0.258 e. The quantitative estimate of drug-likeness (QED) is 0.515. The van der Waals surface area contributed by atoms with E-state index in [1.165, 1.54) is 4.57 Å². The second-order valence-electron chi connectivity index (χ2n) is 7.28. The van der Waals surface area contributed by atoms with E-state index in [0.717, 1.165) is 5.69 Å². The Morgan fingerprint density at radius 1 is 1.10 bits per heavy atom. The molecule has 0 radical (unpaired) electrons. The molecule has 4 aromatic heterocycles. The topological polar surface area (TPSA) is 90.3 Å². The molecule has 0 fully saturated rings. The van der Waals surface area contributed by atoms with Crippen LogP contribution in [0.15, 0.2) is 41.5 Å². The highest BCUT2D eigenvalue weighted by Gasteiger charge is 2.29. The monoisotopic (exact) mass is 389 g/mol. The first-order chi connectivity index (χ1) is 13.9. The Kier molecular flexibility index (Phi) is 3.67. The van der Waals surface area contributed by atoms with Crippen molar-refractivity contribution in [2.45, 2.75) is 20.0 Å². The van der Waals surface area contributed by atoms with Gasteiger partial charge in [0.05, 0.1) is 35.6 Å². The SMILES string of the molecule is Cc1nc2c(c(=O)n1C)CN(C(=O)c1ccc3nnc(-c4cccn4C)n3c1)C2. The van der Waals surface area contributed by atoms with Crippen molar-refractivity contribution in [1.82, 2.24) is 33.6 Å². The van der Waals surface area contributed by atoms with Gasteiger partial charge in [-0.05, 0) is 31.2 Å². The molecule has 0 atom stereocenters. The van der Waals surface area contributed by atoms with Crippen LogP contribution in [0.5, 0.6) is 0 Å². The van der Waals surface area contributed by atoms with E-state index in [2.05, 4.69) is 15.2 Å². The van der Waals surface area contributed by atoms with E-state index < -0.39 is 0 Å². The molecule has 0 aromatic carbocycles. The zero-order valence-electron chi connectivity index (χ0n) is 16.3. The molecule has 5 heterocycles. The minimum absolute atomic E-state index is 0.0944. The zero-order chi connectivity index (χ0) is 20.3. The molecule has 9 nitrogen and oxygen atoms in total. The van der Waals surface area contributed by atoms with Crippen LogP contribution in [-0.2, 0) is 27.2 Å². The zero-order valence-corrected chi connectivity index (χ0v) is 16.3. The number of hydrogen-bond acceptors (Lipinski definition) is 5. The van der Waals surface area contributed by atoms with Gasteiger partial charge in [0.15, 0.2) is 11.5 Å². The third-order valence-corrected chi connectivity index (χ3v) is 5.49. The minimum Gasteiger partial charge on any atom is -0.348 e. The number of hydrogen-bond donors (Lipinski definition) is 0. The smallest absolute Gasteiger partial charge is 0.258 e. The highest BCUT2D eigenvalue weighted by Crippen LogP contribution is 2.23. The van der Waals surface area contributed by atoms with Crippen LogP contribution in [0, 0.1) is 6.92 Å². The molecule has 0 saturated heterocycles. The Bertz CT molecular complexity index is 1340. The fraction of sp³-hybridized carbons (Fsp3) is 0.250. The van der Waals surface area contributed by atoms with Crippen molar-refractivity contribution in [1.29, 1.82) is 0 Å². The van der Waals surface area contributed by atoms with Crippen LogP contribution < -0.4 is 5.56 Å². The summed E-state index contributed by atoms with van der Waals surface area (Å²) in [6.45, 7) is 2.38. The summed E-state index contributed by atoms with van der Waals surface area (Å²) in [7, 11) is 3.63. The summed E-state index contributed by atoms with van der Waals surface area (Å²) in [6, 6.07) is 7.40. The Hall–Kier alpha value is -3.75. The number of pyridine rings is 1. The second kappa shape index (κ2) is 6.13. The van der Waals surface area contributed by atoms with Crippen LogP contribution in [-0.4, -0.2) is 39.5 Å². The van der Waals surface area contributed by atoms with Crippen molar-refractivity contribution in [2.24, 2.45) is 14.1 Å². The fourth-order valence-electron chi connectivity index (χ4n) is 3.74. The van der Waals surface area contributed by atoms with Gasteiger partial charge in [-0.3, -0.25) is 18.6 Å². The fourth-order valence-corrected chi connectivity index (χ4v) is 3.74. The maximum atomic E-state index is 13.2. The number of carbonyl (C=O) groups excluding carboxylic acids is 1. The maximum absolute atomic E-state index is 13.2. The lowest BCUT2D eigenvalue weighted by molar-refractivity contribution is 0.0749. The first-order valence-electron chi connectivity index (χ1n) is 9.25. The van der Waals surface area contributed by atoms with Gasteiger partial charge in [-0.1, -0.05) is 0 Å². The molecule has 146 valence electrons. The summed E-state index contributed by atoms with van der Waals surface area (Å²) in [4.78, 5) is 31.8. The number of nitrogens with zero attached hydrogens (tertiary/aromatic N) is 7. The van der Waals surface area contributed by atoms with Crippen molar-refractivity contribution in [3.05, 3.63) is 69.7 Å². The lowest BCUT2D eigenvalue weighted by atomic mass is 10.2. The molecule has 0 unspecified atom stereocenters. The van der Waals surface area contributed by atoms with E-state index in [-0.39, 0.29) is 18.0 Å². The van der Waals surface area contributed by atoms with Crippen LogP contribution >= 0.6 is 0 Å². The average Bonchev–Trinajstić information content (AvgIpc) is 3.43. The summed E-state index contributed by atoms with van der Waals surface area (Å²) in [5, 5.41) is 8.47. The van der Waals surface area contributed by atoms with Crippen molar-refractivity contribution in [3.63, 3.8) is 0 Å². The summed E-state index contributed by atoms with van der Waals surface area (Å²) in [5.41, 5.74) is 3.24. The van der Waals surface area contributed by atoms with Crippen molar-refractivity contribution in [2.75, 3.05) is 0 Å². The molecule has 0 spiro atoms. The summed E-state index contributed by atoms with van der Waals surface area (Å²) in [5.74, 6) is 1.15. The van der Waals surface area contributed by atoms with E-state index in [0.29, 0.717) is 40.7 Å². The van der Waals surface area contributed by atoms with Crippen molar-refractivity contribution in [3.8, 4) is 11.5 Å². The normalized spacial score (nSPS) is 13.3. The summed E-state index contributed by atoms with van der Waals surface area (Å²) in [6.07, 6.45) is 3.68. The van der Waals surface area contributed by atoms with Gasteiger partial charge in [-0.15, -0.1) is 10.2 Å². The number of rotatable bonds is 2. The molecular formula is C20H19N7O2. The van der Waals surface area contributed by atoms with E-state index in [9.17, 15) is 9.59 Å². The Morgan fingerprint density at radius 3 is 2.69 bits per heavy atom. The van der Waals surface area contributed by atoms with Gasteiger partial charge in [0.25, 0.3) is 11.5 Å². The second-order valence-corrected chi connectivity index (χ2v) is 7.28. The molecule has 29 heavy (non-hydrogen) atoms. The van der Waals surface area contributed by atoms with Gasteiger partial charge < -0.3 is 9.47 Å². The number of aromatic nitrogens is 6. The number of amides is 1. The molecule has 1 amide bonds. The van der Waals surface area contributed by atoms with E-state index in [1.807, 2.05) is 34.3 Å². The first-order valence-corrected chi connectivity index (χ1v) is 9.25. The molecule has 0 aliphatic carbocycles. The highest BCUT2D eigenvalue weighted by atomic mass is 16.2. The van der Waals surface area contributed by atoms with Crippen LogP contribution in [0.25, 0.3) is 17.2 Å². The van der Waals surface area contributed by atoms with Crippen LogP contribution in [0.2, 0.25) is 0 Å². The van der Waals surface area contributed by atoms with Gasteiger partial charge in [0.2, 0.25) is 0 Å². The molecular weight excluding hydrogens is 370 g/mol. The van der Waals surface area contributed by atoms with Crippen molar-refractivity contribution < 1.29 is 4.79 Å². The highest BCUT2D eigenvalue weighted by molar-refractivity contribution is 5.94. The van der Waals surface area contributed by atoms with Gasteiger partial charge >= 0.3 is 0 Å². The average molecular weight is 389 g/mol. The van der Waals surface area contributed by atoms with Gasteiger partial charge in [0, 0.05) is 26.5 Å². The molecule has 4 aromatic rings. The Morgan fingerprint density at radius 2 is 1.93 bits per heavy atom. The lowest BCUT2D eigenvalue weighted by Gasteiger charge is -2.15. The third-order valence-electron chi connectivity index (χ3n) is 5.49. The molecule has 1 aliphatic heterocycles. The van der Waals surface area contributed by atoms with Crippen molar-refractivity contribution >= 4 is 11.6 Å². The summed E-state index contributed by atoms with van der Waals surface area (Å²) < 4.78 is 5.28. The molecule has 0 saturated carbocycles. The van der Waals surface area contributed by atoms with Crippen LogP contribution in [0.1, 0.15) is 27.4 Å². The predicted octanol–water partition coefficient (Wildman–Crippen LogP) is 1.29. The minimum atomic E-state index is -0.156. The molecule has 0 N–H and O–H groups in total. The Labute approximate surface area is 165 Å².